The zero-order chi connectivity index (χ0) is 21.4. The van der Waals surface area contributed by atoms with Crippen LogP contribution in [0.3, 0.4) is 0 Å². The summed E-state index contributed by atoms with van der Waals surface area (Å²) >= 11 is 0. The zero-order valence-electron chi connectivity index (χ0n) is 18.6. The smallest absolute Gasteiger partial charge is 0.191 e. The molecule has 0 bridgehead atoms. The summed E-state index contributed by atoms with van der Waals surface area (Å²) in [6.07, 6.45) is 7.57. The minimum atomic E-state index is 0.0404. The van der Waals surface area contributed by atoms with Crippen LogP contribution in [0.1, 0.15) is 50.4 Å². The average Bonchev–Trinajstić information content (AvgIpc) is 3.20. The quantitative estimate of drug-likeness (QED) is 0.510. The Morgan fingerprint density at radius 2 is 1.90 bits per heavy atom. The van der Waals surface area contributed by atoms with Gasteiger partial charge in [-0.05, 0) is 37.5 Å². The van der Waals surface area contributed by atoms with Gasteiger partial charge in [0.25, 0.3) is 0 Å². The molecule has 0 radical (unpaired) electrons. The minimum Gasteiger partial charge on any atom is -0.493 e. The second kappa shape index (κ2) is 10.3. The van der Waals surface area contributed by atoms with Gasteiger partial charge in [0.05, 0.1) is 14.2 Å². The van der Waals surface area contributed by atoms with Gasteiger partial charge in [0.1, 0.15) is 18.7 Å². The van der Waals surface area contributed by atoms with Crippen molar-refractivity contribution in [2.45, 2.75) is 51.0 Å². The maximum atomic E-state index is 5.57. The van der Waals surface area contributed by atoms with Crippen LogP contribution in [0.25, 0.3) is 0 Å². The summed E-state index contributed by atoms with van der Waals surface area (Å²) in [5, 5.41) is 11.1. The number of benzene rings is 1. The molecule has 1 aromatic heterocycles. The van der Waals surface area contributed by atoms with Crippen LogP contribution in [-0.4, -0.2) is 48.0 Å². The number of hydrogen-bond acceptors (Lipinski definition) is 5. The lowest BCUT2D eigenvalue weighted by Crippen LogP contribution is -2.46. The van der Waals surface area contributed by atoms with Crippen LogP contribution in [0, 0.1) is 0 Å². The van der Waals surface area contributed by atoms with Gasteiger partial charge in [0.2, 0.25) is 0 Å². The second-order valence-electron chi connectivity index (χ2n) is 7.76. The highest BCUT2D eigenvalue weighted by Gasteiger charge is 2.34. The Morgan fingerprint density at radius 1 is 1.13 bits per heavy atom. The Hall–Kier alpha value is -2.77. The van der Waals surface area contributed by atoms with Gasteiger partial charge in [0.15, 0.2) is 17.5 Å². The first-order chi connectivity index (χ1) is 14.6. The lowest BCUT2D eigenvalue weighted by molar-refractivity contribution is 0.288. The number of guanidine groups is 1. The molecule has 1 aliphatic rings. The van der Waals surface area contributed by atoms with Gasteiger partial charge >= 0.3 is 0 Å². The summed E-state index contributed by atoms with van der Waals surface area (Å²) in [7, 11) is 5.24. The number of nitrogens with zero attached hydrogens (tertiary/aromatic N) is 4. The van der Waals surface area contributed by atoms with Crippen molar-refractivity contribution in [1.29, 1.82) is 0 Å². The lowest BCUT2D eigenvalue weighted by atomic mass is 9.69. The Balaban J connectivity index is 1.80. The third-order valence-electron chi connectivity index (χ3n) is 5.93. The van der Waals surface area contributed by atoms with Gasteiger partial charge in [-0.25, -0.2) is 9.98 Å². The summed E-state index contributed by atoms with van der Waals surface area (Å²) in [5.74, 6) is 3.17. The molecule has 1 fully saturated rings. The van der Waals surface area contributed by atoms with Crippen LogP contribution in [0.2, 0.25) is 0 Å². The van der Waals surface area contributed by atoms with E-state index in [1.54, 1.807) is 25.2 Å². The monoisotopic (exact) mass is 414 g/mol. The Labute approximate surface area is 179 Å². The number of aromatic nitrogens is 3. The number of ether oxygens (including phenoxy) is 2. The van der Waals surface area contributed by atoms with Crippen molar-refractivity contribution in [3.05, 3.63) is 35.9 Å². The molecule has 1 heterocycles. The van der Waals surface area contributed by atoms with Gasteiger partial charge in [-0.3, -0.25) is 4.68 Å². The third kappa shape index (κ3) is 5.04. The fraction of sp³-hybridized carbons (Fsp3) is 0.591. The number of nitrogens with one attached hydrogen (secondary N) is 2. The summed E-state index contributed by atoms with van der Waals surface area (Å²) in [6.45, 7) is 4.17. The SMILES string of the molecule is CCNC(=NCc1ncnn1C)NCC1(c2ccc(OC)c(OC)c2)CCCCC1. The van der Waals surface area contributed by atoms with E-state index in [0.29, 0.717) is 6.54 Å². The standard InChI is InChI=1S/C22H34N6O2/c1-5-23-21(24-14-20-26-16-27-28(20)2)25-15-22(11-7-6-8-12-22)17-9-10-18(29-3)19(13-17)30-4/h9-10,13,16H,5-8,11-12,14-15H2,1-4H3,(H2,23,24,25). The van der Waals surface area contributed by atoms with Crippen molar-refractivity contribution in [1.82, 2.24) is 25.4 Å². The van der Waals surface area contributed by atoms with Crippen LogP contribution in [0.4, 0.5) is 0 Å². The molecule has 0 spiro atoms. The van der Waals surface area contributed by atoms with E-state index in [2.05, 4.69) is 39.8 Å². The van der Waals surface area contributed by atoms with Crippen LogP contribution < -0.4 is 20.1 Å². The van der Waals surface area contributed by atoms with Gasteiger partial charge in [-0.1, -0.05) is 25.3 Å². The molecule has 164 valence electrons. The summed E-state index contributed by atoms with van der Waals surface area (Å²) < 4.78 is 12.8. The molecule has 0 aliphatic heterocycles. The Kier molecular flexibility index (Phi) is 7.54. The predicted molar refractivity (Wildman–Crippen MR) is 118 cm³/mol. The molecule has 0 unspecified atom stereocenters. The summed E-state index contributed by atoms with van der Waals surface area (Å²) in [6, 6.07) is 6.32. The van der Waals surface area contributed by atoms with E-state index in [0.717, 1.165) is 49.2 Å². The van der Waals surface area contributed by atoms with E-state index < -0.39 is 0 Å². The number of methoxy groups -OCH3 is 2. The molecule has 0 atom stereocenters. The van der Waals surface area contributed by atoms with E-state index in [4.69, 9.17) is 14.5 Å². The molecule has 1 aliphatic carbocycles. The van der Waals surface area contributed by atoms with Crippen LogP contribution in [0.5, 0.6) is 11.5 Å². The molecule has 8 heteroatoms. The molecule has 0 amide bonds. The maximum absolute atomic E-state index is 5.57. The number of hydrogen-bond donors (Lipinski definition) is 2. The highest BCUT2D eigenvalue weighted by Crippen LogP contribution is 2.42. The topological polar surface area (TPSA) is 85.6 Å². The van der Waals surface area contributed by atoms with Crippen molar-refractivity contribution < 1.29 is 9.47 Å². The van der Waals surface area contributed by atoms with E-state index >= 15 is 0 Å². The van der Waals surface area contributed by atoms with Gasteiger partial charge < -0.3 is 20.1 Å². The highest BCUT2D eigenvalue weighted by molar-refractivity contribution is 5.79. The predicted octanol–water partition coefficient (Wildman–Crippen LogP) is 2.79. The Morgan fingerprint density at radius 3 is 2.53 bits per heavy atom. The maximum Gasteiger partial charge on any atom is 0.191 e. The number of rotatable bonds is 8. The normalized spacial score (nSPS) is 16.2. The molecule has 1 aromatic carbocycles. The highest BCUT2D eigenvalue weighted by atomic mass is 16.5. The van der Waals surface area contributed by atoms with Crippen molar-refractivity contribution >= 4 is 5.96 Å². The minimum absolute atomic E-state index is 0.0404. The van der Waals surface area contributed by atoms with Gasteiger partial charge in [-0.15, -0.1) is 0 Å². The molecule has 1 saturated carbocycles. The zero-order valence-corrected chi connectivity index (χ0v) is 18.6. The van der Waals surface area contributed by atoms with E-state index in [1.807, 2.05) is 13.1 Å². The fourth-order valence-corrected chi connectivity index (χ4v) is 4.17. The van der Waals surface area contributed by atoms with Crippen LogP contribution in [0.15, 0.2) is 29.5 Å². The first-order valence-corrected chi connectivity index (χ1v) is 10.7. The first-order valence-electron chi connectivity index (χ1n) is 10.7. The second-order valence-corrected chi connectivity index (χ2v) is 7.76. The van der Waals surface area contributed by atoms with Crippen LogP contribution in [-0.2, 0) is 19.0 Å². The molecule has 8 nitrogen and oxygen atoms in total. The lowest BCUT2D eigenvalue weighted by Gasteiger charge is -2.38. The fourth-order valence-electron chi connectivity index (χ4n) is 4.17. The summed E-state index contributed by atoms with van der Waals surface area (Å²) in [4.78, 5) is 8.97. The number of aliphatic imine (C=N–C) groups is 1. The molecular weight excluding hydrogens is 380 g/mol. The Bertz CT molecular complexity index is 842. The molecule has 2 aromatic rings. The van der Waals surface area contributed by atoms with Crippen molar-refractivity contribution in [3.63, 3.8) is 0 Å². The molecule has 2 N–H and O–H groups in total. The number of aryl methyl sites for hydroxylation is 1. The first kappa shape index (κ1) is 21.9. The largest absolute Gasteiger partial charge is 0.493 e. The van der Waals surface area contributed by atoms with Crippen molar-refractivity contribution in [2.75, 3.05) is 27.3 Å². The van der Waals surface area contributed by atoms with Crippen molar-refractivity contribution in [2.24, 2.45) is 12.0 Å². The third-order valence-corrected chi connectivity index (χ3v) is 5.93. The molecule has 3 rings (SSSR count). The van der Waals surface area contributed by atoms with E-state index in [9.17, 15) is 0 Å². The molecular formula is C22H34N6O2. The van der Waals surface area contributed by atoms with Crippen molar-refractivity contribution in [3.8, 4) is 11.5 Å². The van der Waals surface area contributed by atoms with E-state index in [1.165, 1.54) is 24.8 Å². The average molecular weight is 415 g/mol. The molecule has 30 heavy (non-hydrogen) atoms. The van der Waals surface area contributed by atoms with Gasteiger partial charge in [-0.2, -0.15) is 5.10 Å². The van der Waals surface area contributed by atoms with E-state index in [-0.39, 0.29) is 5.41 Å². The van der Waals surface area contributed by atoms with Crippen LogP contribution >= 0.6 is 0 Å². The summed E-state index contributed by atoms with van der Waals surface area (Å²) in [5.41, 5.74) is 1.33. The molecule has 0 saturated heterocycles. The van der Waals surface area contributed by atoms with Gasteiger partial charge in [0, 0.05) is 25.6 Å².